The van der Waals surface area contributed by atoms with Crippen LogP contribution in [0.2, 0.25) is 0 Å². The van der Waals surface area contributed by atoms with Crippen molar-refractivity contribution in [3.63, 3.8) is 0 Å². The summed E-state index contributed by atoms with van der Waals surface area (Å²) in [7, 11) is 1.69. The fraction of sp³-hybridized carbons (Fsp3) is 0.560. The molecule has 1 aromatic carbocycles. The predicted octanol–water partition coefficient (Wildman–Crippen LogP) is 2.53. The minimum atomic E-state index is -0.567. The van der Waals surface area contributed by atoms with E-state index in [2.05, 4.69) is 17.1 Å². The fourth-order valence-electron chi connectivity index (χ4n) is 4.90. The molecule has 0 bridgehead atoms. The molecule has 178 valence electrons. The summed E-state index contributed by atoms with van der Waals surface area (Å²) in [5.74, 6) is 0.0510. The van der Waals surface area contributed by atoms with Crippen LogP contribution >= 0.6 is 0 Å². The van der Waals surface area contributed by atoms with Crippen LogP contribution in [-0.2, 0) is 14.3 Å². The first-order valence-corrected chi connectivity index (χ1v) is 11.9. The third-order valence-corrected chi connectivity index (χ3v) is 7.03. The van der Waals surface area contributed by atoms with Crippen molar-refractivity contribution in [3.05, 3.63) is 47.2 Å². The number of ether oxygens (including phenoxy) is 1. The van der Waals surface area contributed by atoms with Crippen molar-refractivity contribution in [2.75, 3.05) is 39.8 Å². The quantitative estimate of drug-likeness (QED) is 0.668. The van der Waals surface area contributed by atoms with Crippen molar-refractivity contribution in [3.8, 4) is 0 Å². The number of carbonyl (C=O) groups excluding carboxylic acids is 3. The van der Waals surface area contributed by atoms with E-state index in [9.17, 15) is 14.4 Å². The molecule has 1 saturated heterocycles. The van der Waals surface area contributed by atoms with Gasteiger partial charge in [-0.1, -0.05) is 36.8 Å². The molecule has 1 aromatic rings. The number of benzene rings is 1. The molecule has 0 spiro atoms. The van der Waals surface area contributed by atoms with Crippen LogP contribution in [0.25, 0.3) is 0 Å². The summed E-state index contributed by atoms with van der Waals surface area (Å²) >= 11 is 0. The number of hydrogen-bond acceptors (Lipinski definition) is 5. The molecule has 8 heteroatoms. The Morgan fingerprint density at radius 1 is 1.15 bits per heavy atom. The Bertz CT molecular complexity index is 928. The second kappa shape index (κ2) is 9.95. The van der Waals surface area contributed by atoms with Crippen LogP contribution in [0.5, 0.6) is 0 Å². The van der Waals surface area contributed by atoms with E-state index in [0.717, 1.165) is 24.8 Å². The predicted molar refractivity (Wildman–Crippen MR) is 124 cm³/mol. The number of urea groups is 1. The van der Waals surface area contributed by atoms with Gasteiger partial charge in [-0.05, 0) is 32.3 Å². The van der Waals surface area contributed by atoms with Crippen molar-refractivity contribution in [2.45, 2.75) is 45.2 Å². The van der Waals surface area contributed by atoms with Gasteiger partial charge in [0.15, 0.2) is 0 Å². The summed E-state index contributed by atoms with van der Waals surface area (Å²) in [6, 6.07) is 8.76. The summed E-state index contributed by atoms with van der Waals surface area (Å²) in [6.45, 7) is 6.62. The number of likely N-dealkylation sites (N-methyl/N-ethyl adjacent to an activating group) is 1. The number of carbonyl (C=O) groups is 3. The van der Waals surface area contributed by atoms with Gasteiger partial charge in [-0.3, -0.25) is 14.6 Å². The molecule has 1 N–H and O–H groups in total. The lowest BCUT2D eigenvalue weighted by Crippen LogP contribution is -2.57. The first kappa shape index (κ1) is 23.3. The van der Waals surface area contributed by atoms with Crippen molar-refractivity contribution in [1.82, 2.24) is 20.0 Å². The van der Waals surface area contributed by atoms with E-state index >= 15 is 0 Å². The van der Waals surface area contributed by atoms with E-state index in [1.54, 1.807) is 14.0 Å². The SMILES string of the molecule is CCOC(=O)C1=C(CN2CCN(C(=O)C3CCC3)[C@@H](C)C2)N(C)C(=O)N[C@@H]1c1ccccc1. The van der Waals surface area contributed by atoms with E-state index < -0.39 is 12.0 Å². The van der Waals surface area contributed by atoms with Crippen molar-refractivity contribution in [2.24, 2.45) is 5.92 Å². The largest absolute Gasteiger partial charge is 0.463 e. The molecule has 3 amide bonds. The maximum atomic E-state index is 13.1. The summed E-state index contributed by atoms with van der Waals surface area (Å²) in [4.78, 5) is 44.4. The molecule has 2 heterocycles. The van der Waals surface area contributed by atoms with Crippen molar-refractivity contribution >= 4 is 17.9 Å². The zero-order valence-corrected chi connectivity index (χ0v) is 19.8. The molecule has 2 aliphatic heterocycles. The fourth-order valence-corrected chi connectivity index (χ4v) is 4.90. The van der Waals surface area contributed by atoms with E-state index in [4.69, 9.17) is 4.74 Å². The van der Waals surface area contributed by atoms with Crippen molar-refractivity contribution < 1.29 is 19.1 Å². The lowest BCUT2D eigenvalue weighted by Gasteiger charge is -2.44. The highest BCUT2D eigenvalue weighted by molar-refractivity contribution is 5.95. The molecular weight excluding hydrogens is 420 g/mol. The molecule has 1 aliphatic carbocycles. The lowest BCUT2D eigenvalue weighted by molar-refractivity contribution is -0.142. The van der Waals surface area contributed by atoms with E-state index in [-0.39, 0.29) is 30.5 Å². The summed E-state index contributed by atoms with van der Waals surface area (Å²) in [5.41, 5.74) is 1.95. The van der Waals surface area contributed by atoms with Gasteiger partial charge in [0, 0.05) is 50.9 Å². The van der Waals surface area contributed by atoms with Gasteiger partial charge in [-0.2, -0.15) is 0 Å². The van der Waals surface area contributed by atoms with Crippen LogP contribution in [0.4, 0.5) is 4.79 Å². The third-order valence-electron chi connectivity index (χ3n) is 7.03. The van der Waals surface area contributed by atoms with Crippen molar-refractivity contribution in [1.29, 1.82) is 0 Å². The summed E-state index contributed by atoms with van der Waals surface area (Å²) in [5, 5.41) is 2.95. The topological polar surface area (TPSA) is 82.2 Å². The van der Waals surface area contributed by atoms with Gasteiger partial charge < -0.3 is 15.0 Å². The van der Waals surface area contributed by atoms with Crippen LogP contribution in [0.1, 0.15) is 44.7 Å². The number of amides is 3. The number of esters is 1. The minimum Gasteiger partial charge on any atom is -0.463 e. The normalized spacial score (nSPS) is 24.4. The van der Waals surface area contributed by atoms with E-state index in [1.165, 1.54) is 4.90 Å². The average molecular weight is 455 g/mol. The van der Waals surface area contributed by atoms with Gasteiger partial charge >= 0.3 is 12.0 Å². The highest BCUT2D eigenvalue weighted by Gasteiger charge is 2.39. The zero-order valence-electron chi connectivity index (χ0n) is 19.8. The Balaban J connectivity index is 1.59. The number of nitrogens with one attached hydrogen (secondary N) is 1. The minimum absolute atomic E-state index is 0.0890. The molecule has 2 fully saturated rings. The van der Waals surface area contributed by atoms with Crippen LogP contribution in [0.3, 0.4) is 0 Å². The number of hydrogen-bond donors (Lipinski definition) is 1. The van der Waals surface area contributed by atoms with Crippen LogP contribution in [0.15, 0.2) is 41.6 Å². The zero-order chi connectivity index (χ0) is 23.5. The maximum Gasteiger partial charge on any atom is 0.338 e. The standard InChI is InChI=1S/C25H34N4O4/c1-4-33-24(31)21-20(27(3)25(32)26-22(21)18-9-6-5-7-10-18)16-28-13-14-29(17(2)15-28)23(30)19-11-8-12-19/h5-7,9-10,17,19,22H,4,8,11-16H2,1-3H3,(H,26,32)/t17-,22+/m0/s1. The Hall–Kier alpha value is -2.87. The molecule has 4 rings (SSSR count). The first-order valence-electron chi connectivity index (χ1n) is 11.9. The second-order valence-corrected chi connectivity index (χ2v) is 9.18. The molecule has 3 aliphatic rings. The highest BCUT2D eigenvalue weighted by atomic mass is 16.5. The molecule has 8 nitrogen and oxygen atoms in total. The Kier molecular flexibility index (Phi) is 7.02. The van der Waals surface area contributed by atoms with Gasteiger partial charge in [0.25, 0.3) is 0 Å². The molecule has 0 aromatic heterocycles. The Labute approximate surface area is 195 Å². The average Bonchev–Trinajstić information content (AvgIpc) is 2.76. The number of nitrogens with zero attached hydrogens (tertiary/aromatic N) is 3. The van der Waals surface area contributed by atoms with Crippen LogP contribution in [-0.4, -0.2) is 78.5 Å². The lowest BCUT2D eigenvalue weighted by atomic mass is 9.84. The molecule has 0 radical (unpaired) electrons. The number of rotatable bonds is 6. The molecule has 0 unspecified atom stereocenters. The smallest absolute Gasteiger partial charge is 0.338 e. The van der Waals surface area contributed by atoms with Gasteiger partial charge in [0.2, 0.25) is 5.91 Å². The first-order chi connectivity index (χ1) is 15.9. The molecule has 2 atom stereocenters. The Morgan fingerprint density at radius 2 is 1.88 bits per heavy atom. The van der Waals surface area contributed by atoms with Crippen LogP contribution < -0.4 is 5.32 Å². The van der Waals surface area contributed by atoms with Crippen LogP contribution in [0, 0.1) is 5.92 Å². The van der Waals surface area contributed by atoms with Gasteiger partial charge in [-0.15, -0.1) is 0 Å². The molecule has 33 heavy (non-hydrogen) atoms. The molecular formula is C25H34N4O4. The molecule has 1 saturated carbocycles. The van der Waals surface area contributed by atoms with Gasteiger partial charge in [-0.25, -0.2) is 9.59 Å². The summed E-state index contributed by atoms with van der Waals surface area (Å²) < 4.78 is 5.40. The summed E-state index contributed by atoms with van der Waals surface area (Å²) in [6.07, 6.45) is 3.15. The highest BCUT2D eigenvalue weighted by Crippen LogP contribution is 2.32. The Morgan fingerprint density at radius 3 is 2.48 bits per heavy atom. The third kappa shape index (κ3) is 4.76. The monoisotopic (exact) mass is 454 g/mol. The second-order valence-electron chi connectivity index (χ2n) is 9.18. The van der Waals surface area contributed by atoms with E-state index in [0.29, 0.717) is 37.4 Å². The maximum absolute atomic E-state index is 13.1. The van der Waals surface area contributed by atoms with Gasteiger partial charge in [0.05, 0.1) is 18.2 Å². The van der Waals surface area contributed by atoms with E-state index in [1.807, 2.05) is 35.2 Å². The van der Waals surface area contributed by atoms with Gasteiger partial charge in [0.1, 0.15) is 0 Å². The number of piperazine rings is 1.